The molecule has 4 nitrogen and oxygen atoms in total. The zero-order valence-electron chi connectivity index (χ0n) is 6.99. The van der Waals surface area contributed by atoms with E-state index in [2.05, 4.69) is 0 Å². The van der Waals surface area contributed by atoms with E-state index >= 15 is 0 Å². The van der Waals surface area contributed by atoms with Crippen molar-refractivity contribution in [1.82, 2.24) is 0 Å². The molecular formula is C7H16O4. The fourth-order valence-electron chi connectivity index (χ4n) is 0.656. The molecule has 4 heteroatoms. The van der Waals surface area contributed by atoms with Crippen molar-refractivity contribution in [3.05, 3.63) is 0 Å². The van der Waals surface area contributed by atoms with Crippen LogP contribution >= 0.6 is 0 Å². The first-order valence-electron chi connectivity index (χ1n) is 3.68. The zero-order chi connectivity index (χ0) is 8.69. The number of hydrogen-bond acceptors (Lipinski definition) is 4. The highest BCUT2D eigenvalue weighted by molar-refractivity contribution is 4.53. The van der Waals surface area contributed by atoms with Crippen LogP contribution in [0.3, 0.4) is 0 Å². The third-order valence-corrected chi connectivity index (χ3v) is 1.42. The predicted molar refractivity (Wildman–Crippen MR) is 40.1 cm³/mol. The molecule has 0 aliphatic heterocycles. The highest BCUT2D eigenvalue weighted by atomic mass is 16.7. The normalized spacial score (nSPS) is 16.4. The fraction of sp³-hybridized carbons (Fsp3) is 1.00. The van der Waals surface area contributed by atoms with Gasteiger partial charge in [0.05, 0.1) is 19.3 Å². The van der Waals surface area contributed by atoms with E-state index in [-0.39, 0.29) is 19.3 Å². The minimum absolute atomic E-state index is 0.0453. The second-order valence-corrected chi connectivity index (χ2v) is 2.20. The van der Waals surface area contributed by atoms with Crippen molar-refractivity contribution >= 4 is 0 Å². The van der Waals surface area contributed by atoms with Crippen LogP contribution in [0.4, 0.5) is 0 Å². The van der Waals surface area contributed by atoms with Gasteiger partial charge in [-0.1, -0.05) is 6.92 Å². The van der Waals surface area contributed by atoms with E-state index in [0.29, 0.717) is 6.42 Å². The van der Waals surface area contributed by atoms with Gasteiger partial charge in [0.15, 0.2) is 6.29 Å². The topological polar surface area (TPSA) is 58.9 Å². The smallest absolute Gasteiger partial charge is 0.180 e. The van der Waals surface area contributed by atoms with Gasteiger partial charge in [0.1, 0.15) is 0 Å². The van der Waals surface area contributed by atoms with E-state index in [1.807, 2.05) is 6.92 Å². The van der Waals surface area contributed by atoms with E-state index in [4.69, 9.17) is 19.7 Å². The van der Waals surface area contributed by atoms with Gasteiger partial charge in [0.25, 0.3) is 0 Å². The van der Waals surface area contributed by atoms with E-state index in [9.17, 15) is 0 Å². The van der Waals surface area contributed by atoms with Gasteiger partial charge in [-0.2, -0.15) is 0 Å². The summed E-state index contributed by atoms with van der Waals surface area (Å²) in [6, 6.07) is 0. The molecule has 0 rings (SSSR count). The van der Waals surface area contributed by atoms with Crippen LogP contribution in [0.15, 0.2) is 0 Å². The van der Waals surface area contributed by atoms with E-state index < -0.39 is 6.29 Å². The summed E-state index contributed by atoms with van der Waals surface area (Å²) in [6.45, 7) is 1.66. The highest BCUT2D eigenvalue weighted by Gasteiger charge is 2.12. The maximum absolute atomic E-state index is 8.70. The van der Waals surface area contributed by atoms with Crippen molar-refractivity contribution in [2.24, 2.45) is 0 Å². The molecule has 0 spiro atoms. The summed E-state index contributed by atoms with van der Waals surface area (Å²) >= 11 is 0. The SMILES string of the molecule is CC[C@H](CO)OC(CO)OC. The second-order valence-electron chi connectivity index (χ2n) is 2.20. The molecule has 0 aliphatic rings. The lowest BCUT2D eigenvalue weighted by Crippen LogP contribution is -2.28. The Morgan fingerprint density at radius 3 is 2.18 bits per heavy atom. The minimum atomic E-state index is -0.618. The Labute approximate surface area is 66.7 Å². The summed E-state index contributed by atoms with van der Waals surface area (Å²) in [6.07, 6.45) is -0.157. The van der Waals surface area contributed by atoms with Crippen LogP contribution in [0.5, 0.6) is 0 Å². The fourth-order valence-corrected chi connectivity index (χ4v) is 0.656. The first-order valence-corrected chi connectivity index (χ1v) is 3.68. The molecule has 0 saturated carbocycles. The Kier molecular flexibility index (Phi) is 6.45. The van der Waals surface area contributed by atoms with Crippen LogP contribution in [0.25, 0.3) is 0 Å². The third kappa shape index (κ3) is 4.31. The molecule has 0 heterocycles. The Hall–Kier alpha value is -0.160. The largest absolute Gasteiger partial charge is 0.394 e. The predicted octanol–water partition coefficient (Wildman–Crippen LogP) is -0.261. The molecule has 68 valence electrons. The number of ether oxygens (including phenoxy) is 2. The molecule has 0 aromatic carbocycles. The summed E-state index contributed by atoms with van der Waals surface area (Å²) in [4.78, 5) is 0. The van der Waals surface area contributed by atoms with E-state index in [1.165, 1.54) is 7.11 Å². The summed E-state index contributed by atoms with van der Waals surface area (Å²) in [7, 11) is 1.45. The molecule has 0 aromatic rings. The number of aliphatic hydroxyl groups is 2. The second kappa shape index (κ2) is 6.54. The molecule has 11 heavy (non-hydrogen) atoms. The van der Waals surface area contributed by atoms with Gasteiger partial charge in [-0.15, -0.1) is 0 Å². The summed E-state index contributed by atoms with van der Waals surface area (Å²) in [5.74, 6) is 0. The lowest BCUT2D eigenvalue weighted by molar-refractivity contribution is -0.181. The number of rotatable bonds is 6. The quantitative estimate of drug-likeness (QED) is 0.531. The van der Waals surface area contributed by atoms with Gasteiger partial charge in [-0.3, -0.25) is 0 Å². The first-order chi connectivity index (χ1) is 5.28. The van der Waals surface area contributed by atoms with Crippen molar-refractivity contribution in [3.63, 3.8) is 0 Å². The van der Waals surface area contributed by atoms with Crippen LogP contribution in [0.2, 0.25) is 0 Å². The van der Waals surface area contributed by atoms with Crippen molar-refractivity contribution in [3.8, 4) is 0 Å². The van der Waals surface area contributed by atoms with Crippen molar-refractivity contribution < 1.29 is 19.7 Å². The van der Waals surface area contributed by atoms with Gasteiger partial charge in [0, 0.05) is 7.11 Å². The van der Waals surface area contributed by atoms with Crippen LogP contribution < -0.4 is 0 Å². The van der Waals surface area contributed by atoms with Crippen LogP contribution in [0.1, 0.15) is 13.3 Å². The molecule has 0 aromatic heterocycles. The molecular weight excluding hydrogens is 148 g/mol. The van der Waals surface area contributed by atoms with Gasteiger partial charge in [-0.25, -0.2) is 0 Å². The lowest BCUT2D eigenvalue weighted by Gasteiger charge is -2.19. The van der Waals surface area contributed by atoms with Gasteiger partial charge in [0.2, 0.25) is 0 Å². The molecule has 0 bridgehead atoms. The molecule has 0 aliphatic carbocycles. The first kappa shape index (κ1) is 10.8. The molecule has 0 saturated heterocycles. The van der Waals surface area contributed by atoms with E-state index in [1.54, 1.807) is 0 Å². The molecule has 2 N–H and O–H groups in total. The maximum Gasteiger partial charge on any atom is 0.180 e. The van der Waals surface area contributed by atoms with Gasteiger partial charge >= 0.3 is 0 Å². The number of aliphatic hydroxyl groups excluding tert-OH is 2. The average molecular weight is 164 g/mol. The van der Waals surface area contributed by atoms with Crippen molar-refractivity contribution in [2.45, 2.75) is 25.7 Å². The Morgan fingerprint density at radius 2 is 1.91 bits per heavy atom. The maximum atomic E-state index is 8.70. The monoisotopic (exact) mass is 164 g/mol. The zero-order valence-corrected chi connectivity index (χ0v) is 6.99. The number of hydrogen-bond donors (Lipinski definition) is 2. The average Bonchev–Trinajstić information content (AvgIpc) is 2.07. The van der Waals surface area contributed by atoms with Crippen LogP contribution in [-0.4, -0.2) is 42.9 Å². The summed E-state index contributed by atoms with van der Waals surface area (Å²) in [5.41, 5.74) is 0. The standard InChI is InChI=1S/C7H16O4/c1-3-6(4-8)11-7(5-9)10-2/h6-9H,3-5H2,1-2H3/t6-,7?/m1/s1. The Balaban J connectivity index is 3.58. The Bertz CT molecular complexity index is 68.5. The molecule has 1 unspecified atom stereocenters. The highest BCUT2D eigenvalue weighted by Crippen LogP contribution is 2.01. The van der Waals surface area contributed by atoms with Crippen molar-refractivity contribution in [2.75, 3.05) is 20.3 Å². The van der Waals surface area contributed by atoms with E-state index in [0.717, 1.165) is 0 Å². The minimum Gasteiger partial charge on any atom is -0.394 e. The van der Waals surface area contributed by atoms with Gasteiger partial charge < -0.3 is 19.7 Å². The van der Waals surface area contributed by atoms with Crippen molar-refractivity contribution in [1.29, 1.82) is 0 Å². The summed E-state index contributed by atoms with van der Waals surface area (Å²) < 4.78 is 9.88. The van der Waals surface area contributed by atoms with Crippen LogP contribution in [-0.2, 0) is 9.47 Å². The third-order valence-electron chi connectivity index (χ3n) is 1.42. The lowest BCUT2D eigenvalue weighted by atomic mass is 10.3. The number of methoxy groups -OCH3 is 1. The molecule has 2 atom stereocenters. The molecule has 0 radical (unpaired) electrons. The molecule has 0 fully saturated rings. The Morgan fingerprint density at radius 1 is 1.27 bits per heavy atom. The summed E-state index contributed by atoms with van der Waals surface area (Å²) in [5, 5.41) is 17.3. The van der Waals surface area contributed by atoms with Gasteiger partial charge in [-0.05, 0) is 6.42 Å². The molecule has 0 amide bonds. The van der Waals surface area contributed by atoms with Crippen LogP contribution in [0, 0.1) is 0 Å².